The molecular formula is C10H8N2O2. The van der Waals surface area contributed by atoms with Gasteiger partial charge in [0.15, 0.2) is 0 Å². The minimum Gasteiger partial charge on any atom is -0.463 e. The van der Waals surface area contributed by atoms with Crippen LogP contribution in [0.1, 0.15) is 5.69 Å². The Kier molecular flexibility index (Phi) is 1.81. The number of carbonyl (C=O) groups is 1. The molecule has 2 rings (SSSR count). The Labute approximate surface area is 80.1 Å². The second kappa shape index (κ2) is 2.99. The van der Waals surface area contributed by atoms with Gasteiger partial charge in [-0.3, -0.25) is 0 Å². The number of carboxylic acid groups (broad SMARTS) is 1. The number of nitrogens with zero attached hydrogens (tertiary/aromatic N) is 2. The molecule has 0 aliphatic heterocycles. The minimum atomic E-state index is -1.09. The number of benzene rings is 1. The van der Waals surface area contributed by atoms with Gasteiger partial charge >= 0.3 is 6.09 Å². The van der Waals surface area contributed by atoms with Gasteiger partial charge in [0.1, 0.15) is 0 Å². The maximum Gasteiger partial charge on any atom is 0.432 e. The predicted molar refractivity (Wildman–Crippen MR) is 53.2 cm³/mol. The molecule has 0 saturated heterocycles. The molecule has 1 heterocycles. The second-order valence-electron chi connectivity index (χ2n) is 2.80. The number of hydrogen-bond donors (Lipinski definition) is 1. The first kappa shape index (κ1) is 8.50. The first-order valence-corrected chi connectivity index (χ1v) is 4.07. The molecule has 1 aromatic carbocycles. The fourth-order valence-electron chi connectivity index (χ4n) is 1.39. The molecule has 0 bridgehead atoms. The third-order valence-electron chi connectivity index (χ3n) is 1.99. The molecule has 70 valence electrons. The molecule has 0 atom stereocenters. The van der Waals surface area contributed by atoms with Crippen molar-refractivity contribution in [1.82, 2.24) is 9.78 Å². The van der Waals surface area contributed by atoms with E-state index in [1.165, 1.54) is 0 Å². The van der Waals surface area contributed by atoms with Crippen molar-refractivity contribution in [3.8, 4) is 0 Å². The molecule has 14 heavy (non-hydrogen) atoms. The maximum atomic E-state index is 10.8. The molecule has 4 nitrogen and oxygen atoms in total. The van der Waals surface area contributed by atoms with Crippen molar-refractivity contribution in [3.05, 3.63) is 36.5 Å². The van der Waals surface area contributed by atoms with E-state index in [1.54, 1.807) is 18.2 Å². The molecule has 0 amide bonds. The highest BCUT2D eigenvalue weighted by molar-refractivity contribution is 5.92. The summed E-state index contributed by atoms with van der Waals surface area (Å²) in [6.45, 7) is 3.58. The summed E-state index contributed by atoms with van der Waals surface area (Å²) >= 11 is 0. The number of hydrogen-bond acceptors (Lipinski definition) is 2. The van der Waals surface area contributed by atoms with Crippen molar-refractivity contribution in [2.75, 3.05) is 0 Å². The van der Waals surface area contributed by atoms with Gasteiger partial charge in [0.05, 0.1) is 11.2 Å². The van der Waals surface area contributed by atoms with Crippen molar-refractivity contribution >= 4 is 23.1 Å². The lowest BCUT2D eigenvalue weighted by atomic mass is 10.2. The van der Waals surface area contributed by atoms with Gasteiger partial charge in [0, 0.05) is 5.39 Å². The van der Waals surface area contributed by atoms with Crippen molar-refractivity contribution in [1.29, 1.82) is 0 Å². The van der Waals surface area contributed by atoms with E-state index < -0.39 is 6.09 Å². The van der Waals surface area contributed by atoms with E-state index in [0.717, 1.165) is 10.1 Å². The van der Waals surface area contributed by atoms with E-state index in [2.05, 4.69) is 11.7 Å². The largest absolute Gasteiger partial charge is 0.463 e. The normalized spacial score (nSPS) is 10.3. The average molecular weight is 188 g/mol. The molecule has 0 spiro atoms. The molecule has 2 aromatic rings. The summed E-state index contributed by atoms with van der Waals surface area (Å²) in [5.41, 5.74) is 1.16. The summed E-state index contributed by atoms with van der Waals surface area (Å²) in [5.74, 6) is 0. The van der Waals surface area contributed by atoms with Crippen molar-refractivity contribution < 1.29 is 9.90 Å². The molecule has 0 unspecified atom stereocenters. The van der Waals surface area contributed by atoms with Crippen molar-refractivity contribution in [2.24, 2.45) is 0 Å². The number of para-hydroxylation sites is 1. The van der Waals surface area contributed by atoms with Gasteiger partial charge in [0.2, 0.25) is 0 Å². The van der Waals surface area contributed by atoms with E-state index in [-0.39, 0.29) is 0 Å². The minimum absolute atomic E-state index is 0.579. The first-order valence-electron chi connectivity index (χ1n) is 4.07. The van der Waals surface area contributed by atoms with Crippen molar-refractivity contribution in [3.63, 3.8) is 0 Å². The summed E-state index contributed by atoms with van der Waals surface area (Å²) in [7, 11) is 0. The molecular weight excluding hydrogens is 180 g/mol. The third-order valence-corrected chi connectivity index (χ3v) is 1.99. The Hall–Kier alpha value is -2.10. The predicted octanol–water partition coefficient (Wildman–Crippen LogP) is 2.21. The summed E-state index contributed by atoms with van der Waals surface area (Å²) in [6.07, 6.45) is 0.455. The van der Waals surface area contributed by atoms with Crippen LogP contribution in [-0.2, 0) is 0 Å². The maximum absolute atomic E-state index is 10.8. The van der Waals surface area contributed by atoms with E-state index >= 15 is 0 Å². The van der Waals surface area contributed by atoms with Crippen LogP contribution in [0.25, 0.3) is 17.0 Å². The quantitative estimate of drug-likeness (QED) is 0.746. The zero-order chi connectivity index (χ0) is 10.1. The van der Waals surface area contributed by atoms with E-state index in [9.17, 15) is 4.79 Å². The fourth-order valence-corrected chi connectivity index (χ4v) is 1.39. The highest BCUT2D eigenvalue weighted by atomic mass is 16.4. The Morgan fingerprint density at radius 1 is 1.50 bits per heavy atom. The number of aromatic nitrogens is 2. The topological polar surface area (TPSA) is 55.1 Å². The number of fused-ring (bicyclic) bond motifs is 1. The molecule has 4 heteroatoms. The fraction of sp³-hybridized carbons (Fsp3) is 0. The van der Waals surface area contributed by atoms with Crippen LogP contribution in [0.2, 0.25) is 0 Å². The Bertz CT molecular complexity index is 514. The molecule has 1 aromatic heterocycles. The Balaban J connectivity index is 2.86. The highest BCUT2D eigenvalue weighted by Crippen LogP contribution is 2.18. The zero-order valence-corrected chi connectivity index (χ0v) is 7.34. The molecule has 0 fully saturated rings. The van der Waals surface area contributed by atoms with Gasteiger partial charge < -0.3 is 5.11 Å². The summed E-state index contributed by atoms with van der Waals surface area (Å²) < 4.78 is 0.951. The monoisotopic (exact) mass is 188 g/mol. The van der Waals surface area contributed by atoms with Crippen molar-refractivity contribution in [2.45, 2.75) is 0 Å². The van der Waals surface area contributed by atoms with Crippen LogP contribution in [0.15, 0.2) is 30.8 Å². The molecule has 0 saturated carbocycles. The summed E-state index contributed by atoms with van der Waals surface area (Å²) in [5, 5.41) is 13.6. The lowest BCUT2D eigenvalue weighted by Crippen LogP contribution is -2.09. The van der Waals surface area contributed by atoms with E-state index in [0.29, 0.717) is 11.2 Å². The van der Waals surface area contributed by atoms with Crippen LogP contribution < -0.4 is 0 Å². The van der Waals surface area contributed by atoms with Gasteiger partial charge in [-0.15, -0.1) is 0 Å². The van der Waals surface area contributed by atoms with Gasteiger partial charge in [-0.2, -0.15) is 9.78 Å². The van der Waals surface area contributed by atoms with E-state index in [1.807, 2.05) is 12.1 Å². The smallest absolute Gasteiger partial charge is 0.432 e. The van der Waals surface area contributed by atoms with Crippen LogP contribution in [-0.4, -0.2) is 21.0 Å². The lowest BCUT2D eigenvalue weighted by molar-refractivity contribution is 0.194. The van der Waals surface area contributed by atoms with Crippen LogP contribution in [0.5, 0.6) is 0 Å². The summed E-state index contributed by atoms with van der Waals surface area (Å²) in [4.78, 5) is 10.8. The van der Waals surface area contributed by atoms with Crippen LogP contribution in [0.3, 0.4) is 0 Å². The average Bonchev–Trinajstić information content (AvgIpc) is 2.56. The molecule has 0 radical (unpaired) electrons. The van der Waals surface area contributed by atoms with Gasteiger partial charge in [-0.05, 0) is 12.1 Å². The standard InChI is InChI=1S/C10H8N2O2/c1-2-8-7-5-3-4-6-9(7)12(11-8)10(13)14/h2-6H,1H2,(H,13,14). The Morgan fingerprint density at radius 2 is 2.21 bits per heavy atom. The molecule has 0 aliphatic carbocycles. The van der Waals surface area contributed by atoms with Crippen LogP contribution in [0.4, 0.5) is 4.79 Å². The lowest BCUT2D eigenvalue weighted by Gasteiger charge is -1.92. The summed E-state index contributed by atoms with van der Waals surface area (Å²) in [6, 6.07) is 7.14. The van der Waals surface area contributed by atoms with Crippen LogP contribution in [0, 0.1) is 0 Å². The Morgan fingerprint density at radius 3 is 2.86 bits per heavy atom. The zero-order valence-electron chi connectivity index (χ0n) is 7.34. The first-order chi connectivity index (χ1) is 6.74. The van der Waals surface area contributed by atoms with E-state index in [4.69, 9.17) is 5.11 Å². The van der Waals surface area contributed by atoms with Gasteiger partial charge in [0.25, 0.3) is 0 Å². The number of rotatable bonds is 1. The third kappa shape index (κ3) is 1.08. The van der Waals surface area contributed by atoms with Gasteiger partial charge in [-0.25, -0.2) is 4.79 Å². The molecule has 0 aliphatic rings. The highest BCUT2D eigenvalue weighted by Gasteiger charge is 2.11. The van der Waals surface area contributed by atoms with Gasteiger partial charge in [-0.1, -0.05) is 24.8 Å². The SMILES string of the molecule is C=Cc1nn(C(=O)O)c2ccccc12. The molecule has 1 N–H and O–H groups in total. The second-order valence-corrected chi connectivity index (χ2v) is 2.80. The van der Waals surface area contributed by atoms with Crippen LogP contribution >= 0.6 is 0 Å².